The lowest BCUT2D eigenvalue weighted by molar-refractivity contribution is -0.147. The number of esters is 1. The number of hydrazine groups is 1. The Morgan fingerprint density at radius 2 is 1.36 bits per heavy atom. The number of ether oxygens (including phenoxy) is 3. The van der Waals surface area contributed by atoms with E-state index in [0.29, 0.717) is 5.56 Å². The number of carbonyl (C=O) groups excluding carboxylic acids is 3. The monoisotopic (exact) mass is 521 g/mol. The largest absolute Gasteiger partial charge is 0.459 e. The van der Waals surface area contributed by atoms with Crippen LogP contribution in [-0.4, -0.2) is 44.0 Å². The van der Waals surface area contributed by atoms with E-state index in [4.69, 9.17) is 14.2 Å². The van der Waals surface area contributed by atoms with Crippen LogP contribution in [0.3, 0.4) is 0 Å². The van der Waals surface area contributed by atoms with Crippen LogP contribution in [0.25, 0.3) is 0 Å². The summed E-state index contributed by atoms with van der Waals surface area (Å²) in [6.07, 6.45) is -2.26. The van der Waals surface area contributed by atoms with Gasteiger partial charge in [0.1, 0.15) is 24.9 Å². The van der Waals surface area contributed by atoms with E-state index in [0.717, 1.165) is 5.56 Å². The fourth-order valence-corrected chi connectivity index (χ4v) is 3.62. The second-order valence-corrected chi connectivity index (χ2v) is 10.5. The van der Waals surface area contributed by atoms with Crippen molar-refractivity contribution in [3.05, 3.63) is 71.8 Å². The second-order valence-electron chi connectivity index (χ2n) is 8.69. The maximum atomic E-state index is 12.7. The summed E-state index contributed by atoms with van der Waals surface area (Å²) in [5, 5.41) is 2.35. The third-order valence-corrected chi connectivity index (χ3v) is 5.58. The SMILES string of the molecule is CC(C)(C)OC(=O)NNS(=O)(=O)CC[C@@H](NC(=O)OCc1ccccc1)C(=O)OCc1ccccc1. The molecule has 0 fully saturated rings. The third-order valence-electron chi connectivity index (χ3n) is 4.40. The molecule has 0 aliphatic heterocycles. The van der Waals surface area contributed by atoms with Gasteiger partial charge in [0.25, 0.3) is 0 Å². The minimum atomic E-state index is -4.08. The van der Waals surface area contributed by atoms with E-state index in [1.165, 1.54) is 0 Å². The molecule has 2 rings (SSSR count). The van der Waals surface area contributed by atoms with Gasteiger partial charge in [-0.2, -0.15) is 0 Å². The average Bonchev–Trinajstić information content (AvgIpc) is 2.83. The first-order valence-corrected chi connectivity index (χ1v) is 12.7. The van der Waals surface area contributed by atoms with Gasteiger partial charge in [-0.15, -0.1) is 4.83 Å². The minimum Gasteiger partial charge on any atom is -0.459 e. The molecular weight excluding hydrogens is 490 g/mol. The topological polar surface area (TPSA) is 149 Å². The summed E-state index contributed by atoms with van der Waals surface area (Å²) in [5.74, 6) is -1.46. The van der Waals surface area contributed by atoms with E-state index >= 15 is 0 Å². The summed E-state index contributed by atoms with van der Waals surface area (Å²) in [5.41, 5.74) is 2.55. The molecule has 2 amide bonds. The highest BCUT2D eigenvalue weighted by atomic mass is 32.2. The summed E-state index contributed by atoms with van der Waals surface area (Å²) in [4.78, 5) is 38.5. The van der Waals surface area contributed by atoms with Crippen molar-refractivity contribution in [1.82, 2.24) is 15.6 Å². The van der Waals surface area contributed by atoms with Crippen LogP contribution in [0.1, 0.15) is 38.3 Å². The van der Waals surface area contributed by atoms with Crippen molar-refractivity contribution in [2.24, 2.45) is 0 Å². The predicted octanol–water partition coefficient (Wildman–Crippen LogP) is 2.77. The molecule has 0 saturated carbocycles. The van der Waals surface area contributed by atoms with E-state index in [9.17, 15) is 22.8 Å². The van der Waals surface area contributed by atoms with Crippen molar-refractivity contribution < 1.29 is 37.0 Å². The molecule has 0 spiro atoms. The van der Waals surface area contributed by atoms with E-state index < -0.39 is 45.6 Å². The van der Waals surface area contributed by atoms with E-state index in [1.807, 2.05) is 22.4 Å². The smallest absolute Gasteiger partial charge is 0.422 e. The molecule has 36 heavy (non-hydrogen) atoms. The van der Waals surface area contributed by atoms with Crippen LogP contribution in [0.15, 0.2) is 60.7 Å². The van der Waals surface area contributed by atoms with Crippen molar-refractivity contribution in [3.63, 3.8) is 0 Å². The maximum Gasteiger partial charge on any atom is 0.422 e. The predicted molar refractivity (Wildman–Crippen MR) is 131 cm³/mol. The number of rotatable bonds is 11. The van der Waals surface area contributed by atoms with Gasteiger partial charge >= 0.3 is 18.2 Å². The summed E-state index contributed by atoms with van der Waals surface area (Å²) in [7, 11) is -4.08. The van der Waals surface area contributed by atoms with Crippen LogP contribution in [-0.2, 0) is 42.2 Å². The Kier molecular flexibility index (Phi) is 10.7. The fraction of sp³-hybridized carbons (Fsp3) is 0.375. The molecule has 0 aliphatic carbocycles. The average molecular weight is 522 g/mol. The Bertz CT molecular complexity index is 1100. The lowest BCUT2D eigenvalue weighted by Gasteiger charge is -2.20. The fourth-order valence-electron chi connectivity index (χ4n) is 2.73. The number of alkyl carbamates (subject to hydrolysis) is 1. The molecule has 1 atom stereocenters. The van der Waals surface area contributed by atoms with E-state index in [1.54, 1.807) is 69.3 Å². The Balaban J connectivity index is 1.96. The van der Waals surface area contributed by atoms with Crippen molar-refractivity contribution in [2.45, 2.75) is 52.0 Å². The highest BCUT2D eigenvalue weighted by Crippen LogP contribution is 2.08. The molecule has 0 aliphatic rings. The molecule has 0 unspecified atom stereocenters. The molecule has 0 heterocycles. The second kappa shape index (κ2) is 13.4. The minimum absolute atomic E-state index is 0.0435. The summed E-state index contributed by atoms with van der Waals surface area (Å²) in [6.45, 7) is 4.75. The third kappa shape index (κ3) is 11.7. The molecule has 0 aromatic heterocycles. The Hall–Kier alpha value is -3.64. The zero-order valence-electron chi connectivity index (χ0n) is 20.4. The number of nitrogens with one attached hydrogen (secondary N) is 3. The molecule has 0 radical (unpaired) electrons. The first-order chi connectivity index (χ1) is 16.9. The summed E-state index contributed by atoms with van der Waals surface area (Å²) >= 11 is 0. The molecular formula is C24H31N3O8S. The number of carbonyl (C=O) groups is 3. The lowest BCUT2D eigenvalue weighted by Crippen LogP contribution is -2.47. The van der Waals surface area contributed by atoms with Gasteiger partial charge in [0, 0.05) is 0 Å². The molecule has 0 saturated heterocycles. The molecule has 11 nitrogen and oxygen atoms in total. The molecule has 0 bridgehead atoms. The molecule has 2 aromatic rings. The first-order valence-electron chi connectivity index (χ1n) is 11.1. The van der Waals surface area contributed by atoms with Crippen molar-refractivity contribution in [2.75, 3.05) is 5.75 Å². The van der Waals surface area contributed by atoms with Crippen LogP contribution in [0.5, 0.6) is 0 Å². The van der Waals surface area contributed by atoms with Gasteiger partial charge in [-0.1, -0.05) is 60.7 Å². The molecule has 196 valence electrons. The number of amides is 2. The molecule has 2 aromatic carbocycles. The first kappa shape index (κ1) is 28.6. The number of hydrogen-bond donors (Lipinski definition) is 3. The molecule has 12 heteroatoms. The zero-order chi connectivity index (χ0) is 26.6. The van der Waals surface area contributed by atoms with Gasteiger partial charge in [-0.05, 0) is 38.3 Å². The van der Waals surface area contributed by atoms with Crippen LogP contribution in [0.2, 0.25) is 0 Å². The zero-order valence-corrected chi connectivity index (χ0v) is 21.2. The lowest BCUT2D eigenvalue weighted by atomic mass is 10.2. The van der Waals surface area contributed by atoms with Gasteiger partial charge in [0.05, 0.1) is 5.75 Å². The maximum absolute atomic E-state index is 12.7. The van der Waals surface area contributed by atoms with Crippen LogP contribution >= 0.6 is 0 Å². The van der Waals surface area contributed by atoms with Crippen molar-refractivity contribution in [1.29, 1.82) is 0 Å². The van der Waals surface area contributed by atoms with Gasteiger partial charge in [-0.3, -0.25) is 0 Å². The number of benzene rings is 2. The van der Waals surface area contributed by atoms with E-state index in [-0.39, 0.29) is 19.6 Å². The normalized spacial score (nSPS) is 12.2. The summed E-state index contributed by atoms with van der Waals surface area (Å²) in [6, 6.07) is 16.4. The van der Waals surface area contributed by atoms with Crippen molar-refractivity contribution >= 4 is 28.2 Å². The highest BCUT2D eigenvalue weighted by molar-refractivity contribution is 7.89. The Morgan fingerprint density at radius 3 is 1.89 bits per heavy atom. The Labute approximate surface area is 210 Å². The summed E-state index contributed by atoms with van der Waals surface area (Å²) < 4.78 is 40.0. The van der Waals surface area contributed by atoms with Gasteiger partial charge < -0.3 is 19.5 Å². The van der Waals surface area contributed by atoms with Crippen LogP contribution in [0, 0.1) is 0 Å². The van der Waals surface area contributed by atoms with Gasteiger partial charge in [0.15, 0.2) is 0 Å². The van der Waals surface area contributed by atoms with Gasteiger partial charge in [0.2, 0.25) is 10.0 Å². The van der Waals surface area contributed by atoms with E-state index in [2.05, 4.69) is 5.32 Å². The number of sulfonamides is 1. The van der Waals surface area contributed by atoms with Crippen LogP contribution in [0.4, 0.5) is 9.59 Å². The van der Waals surface area contributed by atoms with Gasteiger partial charge in [-0.25, -0.2) is 28.2 Å². The quantitative estimate of drug-likeness (QED) is 0.232. The Morgan fingerprint density at radius 1 is 0.833 bits per heavy atom. The number of hydrogen-bond acceptors (Lipinski definition) is 8. The standard InChI is InChI=1S/C24H31N3O8S/c1-24(2,3)35-23(30)26-27-36(31,32)15-14-20(21(28)33-16-18-10-6-4-7-11-18)25-22(29)34-17-19-12-8-5-9-13-19/h4-13,20,27H,14-17H2,1-3H3,(H,25,29)(H,26,30)/t20-/m1/s1. The highest BCUT2D eigenvalue weighted by Gasteiger charge is 2.26. The van der Waals surface area contributed by atoms with Crippen molar-refractivity contribution in [3.8, 4) is 0 Å². The van der Waals surface area contributed by atoms with Crippen LogP contribution < -0.4 is 15.6 Å². The molecule has 3 N–H and O–H groups in total.